The average molecular weight is 424 g/mol. The number of nitrogens with zero attached hydrogens (tertiary/aromatic N) is 2. The molecule has 0 amide bonds. The third-order valence-electron chi connectivity index (χ3n) is 5.07. The Morgan fingerprint density at radius 3 is 2.60 bits per heavy atom. The minimum atomic E-state index is -1.48. The lowest BCUT2D eigenvalue weighted by Gasteiger charge is -2.25. The lowest BCUT2D eigenvalue weighted by Crippen LogP contribution is -2.45. The molecule has 0 aliphatic heterocycles. The molecule has 4 rings (SSSR count). The van der Waals surface area contributed by atoms with Crippen molar-refractivity contribution in [2.24, 2.45) is 0 Å². The van der Waals surface area contributed by atoms with Crippen LogP contribution < -0.4 is 10.3 Å². The molecule has 0 aliphatic rings. The quantitative estimate of drug-likeness (QED) is 0.500. The fraction of sp³-hybridized carbons (Fsp3) is 0.227. The highest BCUT2D eigenvalue weighted by atomic mass is 32.1. The van der Waals surface area contributed by atoms with Crippen LogP contribution in [0.5, 0.6) is 5.75 Å². The second-order valence-electron chi connectivity index (χ2n) is 7.36. The summed E-state index contributed by atoms with van der Waals surface area (Å²) in [6.45, 7) is 3.00. The van der Waals surface area contributed by atoms with Crippen molar-refractivity contribution in [3.63, 3.8) is 0 Å². The number of methoxy groups -OCH3 is 1. The predicted molar refractivity (Wildman–Crippen MR) is 114 cm³/mol. The van der Waals surface area contributed by atoms with E-state index in [1.54, 1.807) is 19.2 Å². The second kappa shape index (κ2) is 7.46. The van der Waals surface area contributed by atoms with E-state index in [0.717, 1.165) is 5.56 Å². The number of hydrogen-bond donors (Lipinski definition) is 1. The van der Waals surface area contributed by atoms with E-state index in [9.17, 15) is 14.7 Å². The van der Waals surface area contributed by atoms with Crippen LogP contribution in [0.1, 0.15) is 25.2 Å². The molecule has 3 heterocycles. The molecule has 0 saturated heterocycles. The molecule has 0 fully saturated rings. The van der Waals surface area contributed by atoms with Gasteiger partial charge in [-0.3, -0.25) is 9.36 Å². The van der Waals surface area contributed by atoms with E-state index in [2.05, 4.69) is 0 Å². The van der Waals surface area contributed by atoms with Gasteiger partial charge < -0.3 is 14.3 Å². The third kappa shape index (κ3) is 3.29. The first-order valence-corrected chi connectivity index (χ1v) is 10.1. The van der Waals surface area contributed by atoms with Gasteiger partial charge in [-0.15, -0.1) is 11.3 Å². The highest BCUT2D eigenvalue weighted by Crippen LogP contribution is 2.32. The number of rotatable bonds is 6. The number of fused-ring (bicyclic) bond motifs is 1. The lowest BCUT2D eigenvalue weighted by atomic mass is 10.0. The van der Waals surface area contributed by atoms with Crippen molar-refractivity contribution in [3.05, 3.63) is 69.8 Å². The Morgan fingerprint density at radius 2 is 2.00 bits per heavy atom. The van der Waals surface area contributed by atoms with E-state index in [0.29, 0.717) is 39.5 Å². The van der Waals surface area contributed by atoms with E-state index < -0.39 is 17.1 Å². The Labute approximate surface area is 176 Å². The molecule has 0 radical (unpaired) electrons. The van der Waals surface area contributed by atoms with Crippen molar-refractivity contribution in [1.82, 2.24) is 9.55 Å². The van der Waals surface area contributed by atoms with E-state index in [1.165, 1.54) is 36.0 Å². The molecule has 1 N–H and O–H groups in total. The van der Waals surface area contributed by atoms with Gasteiger partial charge in [0.2, 0.25) is 0 Å². The third-order valence-corrected chi connectivity index (χ3v) is 5.94. The highest BCUT2D eigenvalue weighted by molar-refractivity contribution is 7.17. The molecule has 154 valence electrons. The van der Waals surface area contributed by atoms with Gasteiger partial charge in [0, 0.05) is 17.4 Å². The van der Waals surface area contributed by atoms with Gasteiger partial charge >= 0.3 is 5.97 Å². The molecule has 0 saturated carbocycles. The Hall–Kier alpha value is -3.39. The van der Waals surface area contributed by atoms with Gasteiger partial charge in [-0.2, -0.15) is 0 Å². The summed E-state index contributed by atoms with van der Waals surface area (Å²) < 4.78 is 11.9. The first-order chi connectivity index (χ1) is 14.3. The monoisotopic (exact) mass is 424 g/mol. The number of thiophene rings is 1. The van der Waals surface area contributed by atoms with Crippen LogP contribution in [0.25, 0.3) is 21.5 Å². The zero-order chi connectivity index (χ0) is 21.5. The minimum absolute atomic E-state index is 0.305. The SMILES string of the molecule is COc1ccc(Cc2nc3scc(-c4ccco4)c3c(=O)n2C(C)(C)C(=O)O)cc1. The van der Waals surface area contributed by atoms with Gasteiger partial charge in [-0.25, -0.2) is 9.78 Å². The largest absolute Gasteiger partial charge is 0.497 e. The molecule has 0 atom stereocenters. The molecule has 8 heteroatoms. The van der Waals surface area contributed by atoms with E-state index in [1.807, 2.05) is 29.6 Å². The van der Waals surface area contributed by atoms with Crippen molar-refractivity contribution in [2.75, 3.05) is 7.11 Å². The summed E-state index contributed by atoms with van der Waals surface area (Å²) in [6, 6.07) is 10.9. The predicted octanol–water partition coefficient (Wildman–Crippen LogP) is 4.14. The zero-order valence-electron chi connectivity index (χ0n) is 16.7. The van der Waals surface area contributed by atoms with Crippen molar-refractivity contribution in [2.45, 2.75) is 25.8 Å². The molecule has 30 heavy (non-hydrogen) atoms. The van der Waals surface area contributed by atoms with Crippen LogP contribution in [0.3, 0.4) is 0 Å². The molecule has 0 bridgehead atoms. The van der Waals surface area contributed by atoms with Gasteiger partial charge in [-0.1, -0.05) is 12.1 Å². The van der Waals surface area contributed by atoms with Gasteiger partial charge in [-0.05, 0) is 43.7 Å². The Bertz CT molecular complexity index is 1270. The van der Waals surface area contributed by atoms with Gasteiger partial charge in [0.05, 0.1) is 18.8 Å². The van der Waals surface area contributed by atoms with Gasteiger partial charge in [0.15, 0.2) is 0 Å². The molecule has 3 aromatic heterocycles. The number of carboxylic acid groups (broad SMARTS) is 1. The van der Waals surface area contributed by atoms with E-state index in [4.69, 9.17) is 14.1 Å². The zero-order valence-corrected chi connectivity index (χ0v) is 17.5. The van der Waals surface area contributed by atoms with Crippen molar-refractivity contribution in [3.8, 4) is 17.1 Å². The number of furan rings is 1. The van der Waals surface area contributed by atoms with Crippen molar-refractivity contribution in [1.29, 1.82) is 0 Å². The second-order valence-corrected chi connectivity index (χ2v) is 8.22. The topological polar surface area (TPSA) is 94.6 Å². The van der Waals surface area contributed by atoms with Gasteiger partial charge in [0.1, 0.15) is 27.7 Å². The van der Waals surface area contributed by atoms with Gasteiger partial charge in [0.25, 0.3) is 5.56 Å². The van der Waals surface area contributed by atoms with E-state index >= 15 is 0 Å². The first-order valence-electron chi connectivity index (χ1n) is 9.26. The molecular formula is C22H20N2O5S. The Kier molecular flexibility index (Phi) is 4.95. The smallest absolute Gasteiger partial charge is 0.329 e. The maximum atomic E-state index is 13.6. The number of carboxylic acids is 1. The number of benzene rings is 1. The van der Waals surface area contributed by atoms with Crippen LogP contribution >= 0.6 is 11.3 Å². The fourth-order valence-corrected chi connectivity index (χ4v) is 4.30. The van der Waals surface area contributed by atoms with Crippen molar-refractivity contribution >= 4 is 27.5 Å². The number of aromatic nitrogens is 2. The maximum Gasteiger partial charge on any atom is 0.329 e. The number of hydrogen-bond acceptors (Lipinski definition) is 6. The Balaban J connectivity index is 1.94. The summed E-state index contributed by atoms with van der Waals surface area (Å²) >= 11 is 1.33. The standard InChI is InChI=1S/C22H20N2O5S/c1-22(2,21(26)27)24-17(11-13-6-8-14(28-3)9-7-13)23-19-18(20(24)25)15(12-30-19)16-5-4-10-29-16/h4-10,12H,11H2,1-3H3,(H,26,27). The average Bonchev–Trinajstić information content (AvgIpc) is 3.38. The van der Waals surface area contributed by atoms with Crippen LogP contribution in [0.15, 0.2) is 57.3 Å². The summed E-state index contributed by atoms with van der Waals surface area (Å²) in [5.74, 6) is 0.531. The van der Waals surface area contributed by atoms with E-state index in [-0.39, 0.29) is 0 Å². The summed E-state index contributed by atoms with van der Waals surface area (Å²) in [4.78, 5) is 30.8. The minimum Gasteiger partial charge on any atom is -0.497 e. The Morgan fingerprint density at radius 1 is 1.27 bits per heavy atom. The summed E-state index contributed by atoms with van der Waals surface area (Å²) in [6.07, 6.45) is 1.84. The lowest BCUT2D eigenvalue weighted by molar-refractivity contribution is -0.146. The normalized spacial score (nSPS) is 11.7. The summed E-state index contributed by atoms with van der Waals surface area (Å²) in [5, 5.41) is 12.0. The fourth-order valence-electron chi connectivity index (χ4n) is 3.36. The molecule has 0 spiro atoms. The molecule has 0 unspecified atom stereocenters. The molecule has 0 aliphatic carbocycles. The van der Waals surface area contributed by atoms with Crippen molar-refractivity contribution < 1.29 is 19.1 Å². The molecule has 4 aromatic rings. The number of aliphatic carboxylic acids is 1. The number of ether oxygens (including phenoxy) is 1. The van der Waals surface area contributed by atoms with Crippen LogP contribution in [-0.2, 0) is 16.8 Å². The van der Waals surface area contributed by atoms with Crippen LogP contribution in [-0.4, -0.2) is 27.7 Å². The number of carbonyl (C=O) groups is 1. The maximum absolute atomic E-state index is 13.6. The van der Waals surface area contributed by atoms with Crippen LogP contribution in [0.4, 0.5) is 0 Å². The summed E-state index contributed by atoms with van der Waals surface area (Å²) in [7, 11) is 1.59. The molecule has 7 nitrogen and oxygen atoms in total. The first kappa shape index (κ1) is 19.9. The highest BCUT2D eigenvalue weighted by Gasteiger charge is 2.34. The molecule has 1 aromatic carbocycles. The molecular weight excluding hydrogens is 404 g/mol. The van der Waals surface area contributed by atoms with Crippen LogP contribution in [0.2, 0.25) is 0 Å². The van der Waals surface area contributed by atoms with Crippen LogP contribution in [0, 0.1) is 0 Å². The summed E-state index contributed by atoms with van der Waals surface area (Å²) in [5.41, 5.74) is -0.380.